The Labute approximate surface area is 55.8 Å². The van der Waals surface area contributed by atoms with Gasteiger partial charge >= 0.3 is 0 Å². The Morgan fingerprint density at radius 2 is 2.33 bits per heavy atom. The first-order chi connectivity index (χ1) is 4.25. The summed E-state index contributed by atoms with van der Waals surface area (Å²) in [6.45, 7) is 4.23. The number of hydrogen-bond acceptors (Lipinski definition) is 1. The Kier molecular flexibility index (Phi) is 1.70. The molecule has 1 aliphatic rings. The smallest absolute Gasteiger partial charge is 0.145 e. The van der Waals surface area contributed by atoms with Crippen molar-refractivity contribution < 1.29 is 4.79 Å². The van der Waals surface area contributed by atoms with E-state index in [1.807, 2.05) is 0 Å². The van der Waals surface area contributed by atoms with Gasteiger partial charge in [-0.05, 0) is 31.3 Å². The molecule has 0 aromatic rings. The van der Waals surface area contributed by atoms with E-state index in [2.05, 4.69) is 13.8 Å². The third-order valence-corrected chi connectivity index (χ3v) is 2.23. The number of carbonyl (C=O) groups excluding carboxylic acids is 1. The van der Waals surface area contributed by atoms with Crippen LogP contribution in [-0.2, 0) is 4.79 Å². The van der Waals surface area contributed by atoms with Crippen LogP contribution >= 0.6 is 0 Å². The van der Waals surface area contributed by atoms with E-state index in [-0.39, 0.29) is 0 Å². The average Bonchev–Trinajstić information content (AvgIpc) is 2.15. The van der Waals surface area contributed by atoms with Gasteiger partial charge in [0.1, 0.15) is 6.29 Å². The molecule has 1 unspecified atom stereocenters. The van der Waals surface area contributed by atoms with E-state index in [9.17, 15) is 4.79 Å². The average molecular weight is 124 g/mol. The molecule has 0 fully saturated rings. The summed E-state index contributed by atoms with van der Waals surface area (Å²) in [6.07, 6.45) is 3.16. The summed E-state index contributed by atoms with van der Waals surface area (Å²) >= 11 is 0. The Morgan fingerprint density at radius 3 is 2.56 bits per heavy atom. The zero-order valence-electron chi connectivity index (χ0n) is 5.98. The molecule has 0 radical (unpaired) electrons. The van der Waals surface area contributed by atoms with Crippen molar-refractivity contribution in [3.05, 3.63) is 11.1 Å². The molecule has 50 valence electrons. The zero-order valence-corrected chi connectivity index (χ0v) is 5.98. The van der Waals surface area contributed by atoms with E-state index in [0.717, 1.165) is 18.3 Å². The Balaban J connectivity index is 2.79. The lowest BCUT2D eigenvalue weighted by Gasteiger charge is -1.99. The topological polar surface area (TPSA) is 17.1 Å². The molecule has 1 nitrogen and oxygen atoms in total. The summed E-state index contributed by atoms with van der Waals surface area (Å²) < 4.78 is 0. The molecular weight excluding hydrogens is 112 g/mol. The molecule has 1 atom stereocenters. The van der Waals surface area contributed by atoms with Crippen LogP contribution in [0.4, 0.5) is 0 Å². The SMILES string of the molecule is CC1=C(C=O)CCC1C. The van der Waals surface area contributed by atoms with Crippen molar-refractivity contribution in [2.45, 2.75) is 26.7 Å². The van der Waals surface area contributed by atoms with Crippen molar-refractivity contribution in [3.8, 4) is 0 Å². The Bertz CT molecular complexity index is 156. The lowest BCUT2D eigenvalue weighted by Crippen LogP contribution is -1.87. The molecular formula is C8H12O. The third kappa shape index (κ3) is 1.04. The van der Waals surface area contributed by atoms with Crippen LogP contribution < -0.4 is 0 Å². The van der Waals surface area contributed by atoms with Crippen LogP contribution in [0.25, 0.3) is 0 Å². The molecule has 0 saturated heterocycles. The highest BCUT2D eigenvalue weighted by Crippen LogP contribution is 2.29. The predicted molar refractivity (Wildman–Crippen MR) is 37.2 cm³/mol. The van der Waals surface area contributed by atoms with Gasteiger partial charge in [-0.15, -0.1) is 0 Å². The van der Waals surface area contributed by atoms with Crippen LogP contribution in [0.15, 0.2) is 11.1 Å². The quantitative estimate of drug-likeness (QED) is 0.488. The maximum atomic E-state index is 10.3. The minimum atomic E-state index is 0.644. The van der Waals surface area contributed by atoms with Gasteiger partial charge in [-0.25, -0.2) is 0 Å². The van der Waals surface area contributed by atoms with Gasteiger partial charge in [-0.3, -0.25) is 4.79 Å². The summed E-state index contributed by atoms with van der Waals surface area (Å²) in [5.41, 5.74) is 2.33. The van der Waals surface area contributed by atoms with E-state index in [1.165, 1.54) is 12.0 Å². The van der Waals surface area contributed by atoms with Crippen LogP contribution in [0.3, 0.4) is 0 Å². The van der Waals surface area contributed by atoms with Gasteiger partial charge in [-0.1, -0.05) is 12.5 Å². The molecule has 0 saturated carbocycles. The molecule has 0 bridgehead atoms. The van der Waals surface area contributed by atoms with E-state index >= 15 is 0 Å². The summed E-state index contributed by atoms with van der Waals surface area (Å²) in [5, 5.41) is 0. The fraction of sp³-hybridized carbons (Fsp3) is 0.625. The lowest BCUT2D eigenvalue weighted by molar-refractivity contribution is -0.105. The van der Waals surface area contributed by atoms with Gasteiger partial charge in [-0.2, -0.15) is 0 Å². The number of rotatable bonds is 1. The first-order valence-corrected chi connectivity index (χ1v) is 3.40. The number of aldehydes is 1. The summed E-state index contributed by atoms with van der Waals surface area (Å²) in [6, 6.07) is 0. The lowest BCUT2D eigenvalue weighted by atomic mass is 10.1. The molecule has 1 aliphatic carbocycles. The Morgan fingerprint density at radius 1 is 1.67 bits per heavy atom. The van der Waals surface area contributed by atoms with Crippen molar-refractivity contribution in [2.75, 3.05) is 0 Å². The first-order valence-electron chi connectivity index (χ1n) is 3.40. The van der Waals surface area contributed by atoms with Gasteiger partial charge in [0.05, 0.1) is 0 Å². The molecule has 0 heterocycles. The van der Waals surface area contributed by atoms with Crippen LogP contribution in [0.1, 0.15) is 26.7 Å². The van der Waals surface area contributed by atoms with Gasteiger partial charge in [0.25, 0.3) is 0 Å². The fourth-order valence-corrected chi connectivity index (χ4v) is 1.25. The number of carbonyl (C=O) groups is 1. The second kappa shape index (κ2) is 2.34. The molecule has 1 rings (SSSR count). The first kappa shape index (κ1) is 6.53. The van der Waals surface area contributed by atoms with E-state index in [4.69, 9.17) is 0 Å². The van der Waals surface area contributed by atoms with Gasteiger partial charge in [0.15, 0.2) is 0 Å². The highest BCUT2D eigenvalue weighted by Gasteiger charge is 2.16. The molecule has 0 N–H and O–H groups in total. The molecule has 0 spiro atoms. The standard InChI is InChI=1S/C8H12O/c1-6-3-4-8(5-9)7(6)2/h5-6H,3-4H2,1-2H3. The maximum absolute atomic E-state index is 10.3. The van der Waals surface area contributed by atoms with Crippen LogP contribution in [0.5, 0.6) is 0 Å². The van der Waals surface area contributed by atoms with E-state index < -0.39 is 0 Å². The van der Waals surface area contributed by atoms with Crippen molar-refractivity contribution in [2.24, 2.45) is 5.92 Å². The van der Waals surface area contributed by atoms with Crippen molar-refractivity contribution in [1.29, 1.82) is 0 Å². The fourth-order valence-electron chi connectivity index (χ4n) is 1.25. The highest BCUT2D eigenvalue weighted by atomic mass is 16.1. The number of hydrogen-bond donors (Lipinski definition) is 0. The number of allylic oxidation sites excluding steroid dienone is 2. The summed E-state index contributed by atoms with van der Waals surface area (Å²) in [7, 11) is 0. The van der Waals surface area contributed by atoms with Crippen LogP contribution in [0, 0.1) is 5.92 Å². The van der Waals surface area contributed by atoms with E-state index in [0.29, 0.717) is 5.92 Å². The van der Waals surface area contributed by atoms with Crippen LogP contribution in [-0.4, -0.2) is 6.29 Å². The predicted octanol–water partition coefficient (Wildman–Crippen LogP) is 1.93. The molecule has 9 heavy (non-hydrogen) atoms. The van der Waals surface area contributed by atoms with Crippen molar-refractivity contribution in [3.63, 3.8) is 0 Å². The molecule has 0 aromatic heterocycles. The molecule has 1 heteroatoms. The second-order valence-electron chi connectivity index (χ2n) is 2.77. The largest absolute Gasteiger partial charge is 0.298 e. The van der Waals surface area contributed by atoms with Gasteiger partial charge < -0.3 is 0 Å². The minimum Gasteiger partial charge on any atom is -0.298 e. The van der Waals surface area contributed by atoms with Crippen LogP contribution in [0.2, 0.25) is 0 Å². The second-order valence-corrected chi connectivity index (χ2v) is 2.77. The van der Waals surface area contributed by atoms with Gasteiger partial charge in [0, 0.05) is 0 Å². The third-order valence-electron chi connectivity index (χ3n) is 2.23. The van der Waals surface area contributed by atoms with E-state index in [1.54, 1.807) is 0 Å². The zero-order chi connectivity index (χ0) is 6.85. The highest BCUT2D eigenvalue weighted by molar-refractivity contribution is 5.75. The molecule has 0 amide bonds. The minimum absolute atomic E-state index is 0.644. The summed E-state index contributed by atoms with van der Waals surface area (Å²) in [4.78, 5) is 10.3. The normalized spacial score (nSPS) is 27.1. The Hall–Kier alpha value is -0.590. The monoisotopic (exact) mass is 124 g/mol. The molecule has 0 aliphatic heterocycles. The van der Waals surface area contributed by atoms with Crippen molar-refractivity contribution >= 4 is 6.29 Å². The molecule has 0 aromatic carbocycles. The summed E-state index contributed by atoms with van der Waals surface area (Å²) in [5.74, 6) is 0.644. The van der Waals surface area contributed by atoms with Crippen molar-refractivity contribution in [1.82, 2.24) is 0 Å². The van der Waals surface area contributed by atoms with Gasteiger partial charge in [0.2, 0.25) is 0 Å². The maximum Gasteiger partial charge on any atom is 0.145 e.